The summed E-state index contributed by atoms with van der Waals surface area (Å²) < 4.78 is 5.28. The number of anilines is 1. The highest BCUT2D eigenvalue weighted by atomic mass is 32.1. The first kappa shape index (κ1) is 17.5. The van der Waals surface area contributed by atoms with Crippen molar-refractivity contribution in [3.8, 4) is 5.75 Å². The van der Waals surface area contributed by atoms with Crippen LogP contribution < -0.4 is 10.1 Å². The van der Waals surface area contributed by atoms with Crippen molar-refractivity contribution in [2.45, 2.75) is 33.1 Å². The lowest BCUT2D eigenvalue weighted by molar-refractivity contribution is -0.116. The number of carbonyl (C=O) groups excluding carboxylic acids is 1. The van der Waals surface area contributed by atoms with Crippen molar-refractivity contribution in [1.29, 1.82) is 0 Å². The third-order valence-electron chi connectivity index (χ3n) is 3.49. The number of carbonyl (C=O) groups is 1. The van der Waals surface area contributed by atoms with E-state index >= 15 is 0 Å². The van der Waals surface area contributed by atoms with Crippen molar-refractivity contribution in [3.05, 3.63) is 45.6 Å². The molecule has 2 rings (SSSR count). The fourth-order valence-electron chi connectivity index (χ4n) is 2.39. The molecule has 0 aliphatic carbocycles. The van der Waals surface area contributed by atoms with Crippen molar-refractivity contribution in [2.24, 2.45) is 0 Å². The number of thiophene rings is 1. The summed E-state index contributed by atoms with van der Waals surface area (Å²) in [6.45, 7) is 4.50. The smallest absolute Gasteiger partial charge is 0.224 e. The van der Waals surface area contributed by atoms with Gasteiger partial charge in [-0.05, 0) is 62.6 Å². The molecule has 2 aromatic rings. The highest BCUT2D eigenvalue weighted by Crippen LogP contribution is 2.22. The number of hydrogen-bond acceptors (Lipinski definition) is 4. The zero-order valence-electron chi connectivity index (χ0n) is 13.6. The van der Waals surface area contributed by atoms with E-state index in [1.54, 1.807) is 24.3 Å². The molecule has 23 heavy (non-hydrogen) atoms. The predicted octanol–water partition coefficient (Wildman–Crippen LogP) is 3.70. The Morgan fingerprint density at radius 3 is 2.61 bits per heavy atom. The Morgan fingerprint density at radius 1 is 1.26 bits per heavy atom. The molecule has 0 saturated carbocycles. The van der Waals surface area contributed by atoms with Crippen LogP contribution in [-0.4, -0.2) is 24.2 Å². The topological polar surface area (TPSA) is 58.6 Å². The van der Waals surface area contributed by atoms with Crippen LogP contribution in [0.1, 0.15) is 28.2 Å². The molecule has 4 nitrogen and oxygen atoms in total. The van der Waals surface area contributed by atoms with E-state index in [1.165, 1.54) is 15.3 Å². The molecule has 0 atom stereocenters. The van der Waals surface area contributed by atoms with Gasteiger partial charge in [0.15, 0.2) is 0 Å². The lowest BCUT2D eigenvalue weighted by Gasteiger charge is -2.07. The first-order valence-corrected chi connectivity index (χ1v) is 8.59. The highest BCUT2D eigenvalue weighted by molar-refractivity contribution is 7.12. The Hall–Kier alpha value is -1.85. The second-order valence-electron chi connectivity index (χ2n) is 5.44. The van der Waals surface area contributed by atoms with Gasteiger partial charge in [0.1, 0.15) is 12.4 Å². The zero-order valence-corrected chi connectivity index (χ0v) is 14.4. The van der Waals surface area contributed by atoms with Crippen molar-refractivity contribution in [2.75, 3.05) is 18.5 Å². The molecule has 0 saturated heterocycles. The van der Waals surface area contributed by atoms with Crippen LogP contribution in [-0.2, 0) is 11.2 Å². The van der Waals surface area contributed by atoms with Gasteiger partial charge in [0.25, 0.3) is 0 Å². The van der Waals surface area contributed by atoms with E-state index in [1.807, 2.05) is 11.3 Å². The number of rotatable bonds is 8. The Labute approximate surface area is 141 Å². The maximum absolute atomic E-state index is 12.0. The maximum Gasteiger partial charge on any atom is 0.224 e. The largest absolute Gasteiger partial charge is 0.491 e. The van der Waals surface area contributed by atoms with Crippen molar-refractivity contribution < 1.29 is 14.6 Å². The molecule has 1 aromatic heterocycles. The fourth-order valence-corrected chi connectivity index (χ4v) is 3.37. The Balaban J connectivity index is 1.75. The molecule has 0 radical (unpaired) electrons. The minimum absolute atomic E-state index is 0.0123. The van der Waals surface area contributed by atoms with Crippen LogP contribution in [0, 0.1) is 13.8 Å². The van der Waals surface area contributed by atoms with Gasteiger partial charge in [0, 0.05) is 21.9 Å². The molecule has 1 amide bonds. The number of aliphatic hydroxyl groups excluding tert-OH is 1. The standard InChI is InChI=1S/C18H23NO3S/c1-13-12-15(14(2)23-13)4-3-5-18(21)19-16-6-8-17(9-7-16)22-11-10-20/h6-9,12,20H,3-5,10-11H2,1-2H3,(H,19,21). The number of benzene rings is 1. The minimum atomic E-state index is -0.0123. The maximum atomic E-state index is 12.0. The molecule has 1 aromatic carbocycles. The van der Waals surface area contributed by atoms with Crippen LogP contribution in [0.25, 0.3) is 0 Å². The zero-order chi connectivity index (χ0) is 16.7. The normalized spacial score (nSPS) is 10.6. The molecule has 124 valence electrons. The number of amides is 1. The summed E-state index contributed by atoms with van der Waals surface area (Å²) in [6, 6.07) is 9.38. The van der Waals surface area contributed by atoms with Gasteiger partial charge in [-0.2, -0.15) is 0 Å². The van der Waals surface area contributed by atoms with Gasteiger partial charge in [-0.25, -0.2) is 0 Å². The van der Waals surface area contributed by atoms with Gasteiger partial charge in [-0.15, -0.1) is 11.3 Å². The van der Waals surface area contributed by atoms with Crippen molar-refractivity contribution >= 4 is 22.9 Å². The number of aryl methyl sites for hydroxylation is 3. The second-order valence-corrected chi connectivity index (χ2v) is 6.90. The molecule has 0 fully saturated rings. The van der Waals surface area contributed by atoms with Crippen LogP contribution in [0.4, 0.5) is 5.69 Å². The monoisotopic (exact) mass is 333 g/mol. The van der Waals surface area contributed by atoms with Crippen molar-refractivity contribution in [1.82, 2.24) is 0 Å². The molecule has 5 heteroatoms. The van der Waals surface area contributed by atoms with Gasteiger partial charge in [0.05, 0.1) is 6.61 Å². The van der Waals surface area contributed by atoms with E-state index in [0.717, 1.165) is 18.5 Å². The molecule has 2 N–H and O–H groups in total. The SMILES string of the molecule is Cc1cc(CCCC(=O)Nc2ccc(OCCO)cc2)c(C)s1. The average Bonchev–Trinajstić information content (AvgIpc) is 2.84. The fraction of sp³-hybridized carbons (Fsp3) is 0.389. The first-order chi connectivity index (χ1) is 11.1. The molecule has 0 unspecified atom stereocenters. The van der Waals surface area contributed by atoms with E-state index in [2.05, 4.69) is 25.2 Å². The van der Waals surface area contributed by atoms with Crippen molar-refractivity contribution in [3.63, 3.8) is 0 Å². The van der Waals surface area contributed by atoms with Crippen LogP contribution in [0.15, 0.2) is 30.3 Å². The Kier molecular flexibility index (Phi) is 6.62. The second kappa shape index (κ2) is 8.70. The molecule has 1 heterocycles. The van der Waals surface area contributed by atoms with Crippen LogP contribution in [0.2, 0.25) is 0 Å². The minimum Gasteiger partial charge on any atom is -0.491 e. The summed E-state index contributed by atoms with van der Waals surface area (Å²) in [5.74, 6) is 0.707. The molecule has 0 bridgehead atoms. The van der Waals surface area contributed by atoms with Crippen LogP contribution in [0.5, 0.6) is 5.75 Å². The van der Waals surface area contributed by atoms with E-state index < -0.39 is 0 Å². The summed E-state index contributed by atoms with van der Waals surface area (Å²) in [4.78, 5) is 14.6. The van der Waals surface area contributed by atoms with Gasteiger partial charge in [-0.3, -0.25) is 4.79 Å². The molecular weight excluding hydrogens is 310 g/mol. The quantitative estimate of drug-likeness (QED) is 0.774. The van der Waals surface area contributed by atoms with Gasteiger partial charge < -0.3 is 15.2 Å². The summed E-state index contributed by atoms with van der Waals surface area (Å²) in [5.41, 5.74) is 2.11. The Morgan fingerprint density at radius 2 is 2.00 bits per heavy atom. The number of ether oxygens (including phenoxy) is 1. The molecule has 0 spiro atoms. The van der Waals surface area contributed by atoms with Gasteiger partial charge in [-0.1, -0.05) is 0 Å². The van der Waals surface area contributed by atoms with E-state index in [9.17, 15) is 4.79 Å². The lowest BCUT2D eigenvalue weighted by atomic mass is 10.1. The summed E-state index contributed by atoms with van der Waals surface area (Å²) in [5, 5.41) is 11.6. The molecular formula is C18H23NO3S. The number of hydrogen-bond donors (Lipinski definition) is 2. The predicted molar refractivity (Wildman–Crippen MR) is 94.4 cm³/mol. The molecule has 0 aliphatic heterocycles. The highest BCUT2D eigenvalue weighted by Gasteiger charge is 2.06. The number of nitrogens with one attached hydrogen (secondary N) is 1. The lowest BCUT2D eigenvalue weighted by Crippen LogP contribution is -2.11. The number of aliphatic hydroxyl groups is 1. The van der Waals surface area contributed by atoms with Crippen LogP contribution in [0.3, 0.4) is 0 Å². The summed E-state index contributed by atoms with van der Waals surface area (Å²) >= 11 is 1.81. The van der Waals surface area contributed by atoms with E-state index in [0.29, 0.717) is 12.2 Å². The summed E-state index contributed by atoms with van der Waals surface area (Å²) in [7, 11) is 0. The van der Waals surface area contributed by atoms with E-state index in [4.69, 9.17) is 9.84 Å². The average molecular weight is 333 g/mol. The third kappa shape index (κ3) is 5.69. The van der Waals surface area contributed by atoms with Gasteiger partial charge >= 0.3 is 0 Å². The third-order valence-corrected chi connectivity index (χ3v) is 4.50. The first-order valence-electron chi connectivity index (χ1n) is 7.78. The van der Waals surface area contributed by atoms with E-state index in [-0.39, 0.29) is 19.1 Å². The van der Waals surface area contributed by atoms with Crippen LogP contribution >= 0.6 is 11.3 Å². The Bertz CT molecular complexity index is 634. The summed E-state index contributed by atoms with van der Waals surface area (Å²) in [6.07, 6.45) is 2.30. The molecule has 0 aliphatic rings. The van der Waals surface area contributed by atoms with Gasteiger partial charge in [0.2, 0.25) is 5.91 Å².